The van der Waals surface area contributed by atoms with Gasteiger partial charge in [0.15, 0.2) is 0 Å². The standard InChI is InChI=1S/C15H18N4O2/c1-10-9-12(11-5-2-3-6-13(11)18-10)15(20)17-8-4-7-14(16)19-21/h2-3,5-6,9,21H,4,7-8H2,1H3,(H2,16,19)(H,17,20). The van der Waals surface area contributed by atoms with Crippen LogP contribution in [0.3, 0.4) is 0 Å². The molecule has 2 rings (SSSR count). The average Bonchev–Trinajstić information content (AvgIpc) is 2.50. The summed E-state index contributed by atoms with van der Waals surface area (Å²) in [7, 11) is 0. The van der Waals surface area contributed by atoms with E-state index in [1.165, 1.54) is 0 Å². The number of nitrogens with zero attached hydrogens (tertiary/aromatic N) is 2. The number of hydrogen-bond donors (Lipinski definition) is 3. The third-order valence-corrected chi connectivity index (χ3v) is 3.11. The molecule has 0 spiro atoms. The van der Waals surface area contributed by atoms with Crippen molar-refractivity contribution < 1.29 is 10.0 Å². The molecular formula is C15H18N4O2. The van der Waals surface area contributed by atoms with E-state index >= 15 is 0 Å². The van der Waals surface area contributed by atoms with Crippen LogP contribution in [-0.2, 0) is 0 Å². The Hall–Kier alpha value is -2.63. The van der Waals surface area contributed by atoms with E-state index < -0.39 is 0 Å². The molecular weight excluding hydrogens is 268 g/mol. The largest absolute Gasteiger partial charge is 0.409 e. The molecule has 0 radical (unpaired) electrons. The number of rotatable bonds is 5. The van der Waals surface area contributed by atoms with Crippen molar-refractivity contribution in [2.45, 2.75) is 19.8 Å². The number of nitrogens with one attached hydrogen (secondary N) is 1. The van der Waals surface area contributed by atoms with Gasteiger partial charge >= 0.3 is 0 Å². The lowest BCUT2D eigenvalue weighted by Crippen LogP contribution is -2.26. The first-order valence-electron chi connectivity index (χ1n) is 6.73. The van der Waals surface area contributed by atoms with Crippen molar-refractivity contribution in [3.63, 3.8) is 0 Å². The lowest BCUT2D eigenvalue weighted by Gasteiger charge is -2.09. The predicted octanol–water partition coefficient (Wildman–Crippen LogP) is 1.80. The SMILES string of the molecule is Cc1cc(C(=O)NCCCC(N)=NO)c2ccccc2n1. The molecule has 6 nitrogen and oxygen atoms in total. The van der Waals surface area contributed by atoms with Gasteiger partial charge in [0.2, 0.25) is 0 Å². The third-order valence-electron chi connectivity index (χ3n) is 3.11. The molecule has 0 aliphatic heterocycles. The van der Waals surface area contributed by atoms with E-state index in [4.69, 9.17) is 10.9 Å². The number of carbonyl (C=O) groups is 1. The summed E-state index contributed by atoms with van der Waals surface area (Å²) in [6.07, 6.45) is 1.05. The zero-order valence-corrected chi connectivity index (χ0v) is 11.8. The van der Waals surface area contributed by atoms with Gasteiger partial charge in [-0.05, 0) is 25.5 Å². The summed E-state index contributed by atoms with van der Waals surface area (Å²) in [6.45, 7) is 2.33. The highest BCUT2D eigenvalue weighted by Gasteiger charge is 2.11. The van der Waals surface area contributed by atoms with Gasteiger partial charge in [-0.2, -0.15) is 0 Å². The van der Waals surface area contributed by atoms with Gasteiger partial charge in [0, 0.05) is 24.0 Å². The maximum Gasteiger partial charge on any atom is 0.252 e. The molecule has 0 saturated carbocycles. The molecule has 110 valence electrons. The van der Waals surface area contributed by atoms with Crippen molar-refractivity contribution in [2.75, 3.05) is 6.54 Å². The van der Waals surface area contributed by atoms with Gasteiger partial charge in [0.25, 0.3) is 5.91 Å². The van der Waals surface area contributed by atoms with Crippen LogP contribution >= 0.6 is 0 Å². The molecule has 4 N–H and O–H groups in total. The fourth-order valence-electron chi connectivity index (χ4n) is 2.11. The van der Waals surface area contributed by atoms with Gasteiger partial charge in [-0.25, -0.2) is 0 Å². The average molecular weight is 286 g/mol. The molecule has 0 fully saturated rings. The molecule has 0 atom stereocenters. The molecule has 1 aromatic heterocycles. The quantitative estimate of drug-likeness (QED) is 0.256. The first kappa shape index (κ1) is 14.8. The van der Waals surface area contributed by atoms with Crippen molar-refractivity contribution in [1.82, 2.24) is 10.3 Å². The van der Waals surface area contributed by atoms with Crippen LogP contribution in [0.25, 0.3) is 10.9 Å². The second-order valence-corrected chi connectivity index (χ2v) is 4.78. The van der Waals surface area contributed by atoms with Crippen LogP contribution in [0.4, 0.5) is 0 Å². The minimum atomic E-state index is -0.142. The minimum Gasteiger partial charge on any atom is -0.409 e. The Morgan fingerprint density at radius 1 is 1.43 bits per heavy atom. The van der Waals surface area contributed by atoms with Gasteiger partial charge < -0.3 is 16.3 Å². The second-order valence-electron chi connectivity index (χ2n) is 4.78. The number of pyridine rings is 1. The lowest BCUT2D eigenvalue weighted by molar-refractivity contribution is 0.0955. The van der Waals surface area contributed by atoms with E-state index in [0.29, 0.717) is 24.9 Å². The van der Waals surface area contributed by atoms with Crippen molar-refractivity contribution in [3.05, 3.63) is 41.6 Å². The lowest BCUT2D eigenvalue weighted by atomic mass is 10.1. The van der Waals surface area contributed by atoms with Gasteiger partial charge in [-0.1, -0.05) is 23.4 Å². The molecule has 0 saturated heterocycles. The van der Waals surface area contributed by atoms with E-state index in [9.17, 15) is 4.79 Å². The van der Waals surface area contributed by atoms with Crippen LogP contribution in [0.15, 0.2) is 35.5 Å². The number of amides is 1. The van der Waals surface area contributed by atoms with Crippen LogP contribution in [0.1, 0.15) is 28.9 Å². The summed E-state index contributed by atoms with van der Waals surface area (Å²) in [5, 5.41) is 15.0. The third kappa shape index (κ3) is 3.68. The number of nitrogens with two attached hydrogens (primary N) is 1. The number of aryl methyl sites for hydroxylation is 1. The number of para-hydroxylation sites is 1. The van der Waals surface area contributed by atoms with Crippen molar-refractivity contribution in [3.8, 4) is 0 Å². The smallest absolute Gasteiger partial charge is 0.252 e. The van der Waals surface area contributed by atoms with Crippen molar-refractivity contribution in [1.29, 1.82) is 0 Å². The second kappa shape index (κ2) is 6.69. The molecule has 0 aliphatic rings. The molecule has 0 aliphatic carbocycles. The molecule has 1 heterocycles. The van der Waals surface area contributed by atoms with E-state index in [1.54, 1.807) is 6.07 Å². The van der Waals surface area contributed by atoms with Crippen molar-refractivity contribution >= 4 is 22.6 Å². The van der Waals surface area contributed by atoms with E-state index in [1.807, 2.05) is 31.2 Å². The van der Waals surface area contributed by atoms with Gasteiger partial charge in [0.1, 0.15) is 5.84 Å². The van der Waals surface area contributed by atoms with Gasteiger partial charge in [0.05, 0.1) is 11.1 Å². The Bertz CT molecular complexity index is 682. The van der Waals surface area contributed by atoms with Crippen LogP contribution in [0, 0.1) is 6.92 Å². The number of hydrogen-bond acceptors (Lipinski definition) is 4. The minimum absolute atomic E-state index is 0.142. The van der Waals surface area contributed by atoms with E-state index in [0.717, 1.165) is 16.6 Å². The summed E-state index contributed by atoms with van der Waals surface area (Å²) >= 11 is 0. The first-order chi connectivity index (χ1) is 10.1. The first-order valence-corrected chi connectivity index (χ1v) is 6.73. The highest BCUT2D eigenvalue weighted by atomic mass is 16.4. The van der Waals surface area contributed by atoms with E-state index in [-0.39, 0.29) is 11.7 Å². The Morgan fingerprint density at radius 3 is 2.95 bits per heavy atom. The number of benzene rings is 1. The maximum atomic E-state index is 12.3. The van der Waals surface area contributed by atoms with Crippen LogP contribution in [-0.4, -0.2) is 28.5 Å². The normalized spacial score (nSPS) is 11.6. The van der Waals surface area contributed by atoms with Crippen LogP contribution < -0.4 is 11.1 Å². The Balaban J connectivity index is 2.09. The number of carbonyl (C=O) groups excluding carboxylic acids is 1. The fraction of sp³-hybridized carbons (Fsp3) is 0.267. The molecule has 0 bridgehead atoms. The Labute approximate surface area is 122 Å². The highest BCUT2D eigenvalue weighted by Crippen LogP contribution is 2.18. The monoisotopic (exact) mass is 286 g/mol. The molecule has 1 aromatic carbocycles. The van der Waals surface area contributed by atoms with Crippen LogP contribution in [0.2, 0.25) is 0 Å². The summed E-state index contributed by atoms with van der Waals surface area (Å²) < 4.78 is 0. The van der Waals surface area contributed by atoms with Crippen LogP contribution in [0.5, 0.6) is 0 Å². The topological polar surface area (TPSA) is 101 Å². The summed E-state index contributed by atoms with van der Waals surface area (Å²) in [4.78, 5) is 16.7. The maximum absolute atomic E-state index is 12.3. The summed E-state index contributed by atoms with van der Waals surface area (Å²) in [5.74, 6) is 0.0191. The molecule has 1 amide bonds. The number of oxime groups is 1. The Kier molecular flexibility index (Phi) is 4.71. The predicted molar refractivity (Wildman–Crippen MR) is 81.5 cm³/mol. The van der Waals surface area contributed by atoms with E-state index in [2.05, 4.69) is 15.5 Å². The number of amidine groups is 1. The number of aromatic nitrogens is 1. The zero-order chi connectivity index (χ0) is 15.2. The fourth-order valence-corrected chi connectivity index (χ4v) is 2.11. The highest BCUT2D eigenvalue weighted by molar-refractivity contribution is 6.06. The summed E-state index contributed by atoms with van der Waals surface area (Å²) in [6, 6.07) is 9.33. The van der Waals surface area contributed by atoms with Gasteiger partial charge in [-0.3, -0.25) is 9.78 Å². The van der Waals surface area contributed by atoms with Gasteiger partial charge in [-0.15, -0.1) is 0 Å². The Morgan fingerprint density at radius 2 is 2.19 bits per heavy atom. The van der Waals surface area contributed by atoms with Crippen molar-refractivity contribution in [2.24, 2.45) is 10.9 Å². The number of fused-ring (bicyclic) bond motifs is 1. The zero-order valence-electron chi connectivity index (χ0n) is 11.8. The molecule has 21 heavy (non-hydrogen) atoms. The molecule has 2 aromatic rings. The summed E-state index contributed by atoms with van der Waals surface area (Å²) in [5.41, 5.74) is 7.59. The molecule has 6 heteroatoms. The molecule has 0 unspecified atom stereocenters.